The normalized spacial score (nSPS) is 14.1. The molecule has 0 fully saturated rings. The Kier molecular flexibility index (Phi) is 3.80. The van der Waals surface area contributed by atoms with E-state index in [1.165, 1.54) is 5.56 Å². The Labute approximate surface area is 125 Å². The van der Waals surface area contributed by atoms with E-state index in [4.69, 9.17) is 0 Å². The van der Waals surface area contributed by atoms with Crippen LogP contribution >= 0.6 is 0 Å². The van der Waals surface area contributed by atoms with Gasteiger partial charge in [0.2, 0.25) is 10.0 Å². The standard InChI is InChI=1S/C16H18N2O2S/c1-12-2-4-13(5-3-12)9-18-21(19,20)16-7-6-14-10-17-11-15(14)8-16/h2-8,17-18H,9-11H2,1H3. The summed E-state index contributed by atoms with van der Waals surface area (Å²) in [5, 5.41) is 3.21. The summed E-state index contributed by atoms with van der Waals surface area (Å²) in [5.74, 6) is 0. The number of aryl methyl sites for hydroxylation is 1. The van der Waals surface area contributed by atoms with Crippen molar-refractivity contribution in [2.24, 2.45) is 0 Å². The average Bonchev–Trinajstić information content (AvgIpc) is 2.94. The maximum atomic E-state index is 12.3. The van der Waals surface area contributed by atoms with Crippen LogP contribution in [0.15, 0.2) is 47.4 Å². The van der Waals surface area contributed by atoms with Crippen molar-refractivity contribution in [1.82, 2.24) is 10.0 Å². The quantitative estimate of drug-likeness (QED) is 0.909. The average molecular weight is 302 g/mol. The van der Waals surface area contributed by atoms with E-state index in [-0.39, 0.29) is 0 Å². The van der Waals surface area contributed by atoms with Gasteiger partial charge >= 0.3 is 0 Å². The number of hydrogen-bond acceptors (Lipinski definition) is 3. The highest BCUT2D eigenvalue weighted by atomic mass is 32.2. The van der Waals surface area contributed by atoms with Crippen molar-refractivity contribution >= 4 is 10.0 Å². The van der Waals surface area contributed by atoms with Crippen molar-refractivity contribution in [3.05, 3.63) is 64.7 Å². The molecule has 1 aliphatic heterocycles. The highest BCUT2D eigenvalue weighted by Crippen LogP contribution is 2.20. The van der Waals surface area contributed by atoms with Gasteiger partial charge < -0.3 is 5.32 Å². The fourth-order valence-electron chi connectivity index (χ4n) is 2.41. The molecule has 21 heavy (non-hydrogen) atoms. The van der Waals surface area contributed by atoms with Crippen molar-refractivity contribution in [3.8, 4) is 0 Å². The first kappa shape index (κ1) is 14.3. The van der Waals surface area contributed by atoms with Crippen molar-refractivity contribution < 1.29 is 8.42 Å². The highest BCUT2D eigenvalue weighted by molar-refractivity contribution is 7.89. The van der Waals surface area contributed by atoms with Gasteiger partial charge in [-0.25, -0.2) is 13.1 Å². The molecule has 0 saturated heterocycles. The fourth-order valence-corrected chi connectivity index (χ4v) is 3.47. The third-order valence-electron chi connectivity index (χ3n) is 3.71. The first-order valence-corrected chi connectivity index (χ1v) is 8.41. The van der Waals surface area contributed by atoms with Crippen LogP contribution in [0.5, 0.6) is 0 Å². The fraction of sp³-hybridized carbons (Fsp3) is 0.250. The Morgan fingerprint density at radius 2 is 1.76 bits per heavy atom. The van der Waals surface area contributed by atoms with Gasteiger partial charge in [0.05, 0.1) is 4.90 Å². The second kappa shape index (κ2) is 5.60. The molecule has 4 nitrogen and oxygen atoms in total. The molecule has 2 aromatic carbocycles. The smallest absolute Gasteiger partial charge is 0.240 e. The molecule has 0 saturated carbocycles. The molecule has 0 amide bonds. The Bertz CT molecular complexity index is 752. The van der Waals surface area contributed by atoms with Crippen molar-refractivity contribution in [2.45, 2.75) is 31.5 Å². The zero-order valence-electron chi connectivity index (χ0n) is 11.9. The topological polar surface area (TPSA) is 58.2 Å². The zero-order valence-corrected chi connectivity index (χ0v) is 12.7. The molecule has 0 bridgehead atoms. The van der Waals surface area contributed by atoms with E-state index in [0.29, 0.717) is 11.4 Å². The molecule has 110 valence electrons. The van der Waals surface area contributed by atoms with Gasteiger partial charge in [0.25, 0.3) is 0 Å². The number of rotatable bonds is 4. The largest absolute Gasteiger partial charge is 0.309 e. The molecular formula is C16H18N2O2S. The number of fused-ring (bicyclic) bond motifs is 1. The lowest BCUT2D eigenvalue weighted by atomic mass is 10.1. The van der Waals surface area contributed by atoms with E-state index >= 15 is 0 Å². The summed E-state index contributed by atoms with van der Waals surface area (Å²) in [6.07, 6.45) is 0. The predicted octanol–water partition coefficient (Wildman–Crippen LogP) is 2.08. The molecule has 2 aromatic rings. The highest BCUT2D eigenvalue weighted by Gasteiger charge is 2.17. The molecular weight excluding hydrogens is 284 g/mol. The van der Waals surface area contributed by atoms with Gasteiger partial charge in [-0.1, -0.05) is 35.9 Å². The summed E-state index contributed by atoms with van der Waals surface area (Å²) in [4.78, 5) is 0.331. The maximum absolute atomic E-state index is 12.3. The van der Waals surface area contributed by atoms with Gasteiger partial charge in [-0.05, 0) is 35.7 Å². The predicted molar refractivity (Wildman–Crippen MR) is 82.2 cm³/mol. The van der Waals surface area contributed by atoms with Crippen molar-refractivity contribution in [3.63, 3.8) is 0 Å². The van der Waals surface area contributed by atoms with Crippen molar-refractivity contribution in [1.29, 1.82) is 0 Å². The monoisotopic (exact) mass is 302 g/mol. The molecule has 0 unspecified atom stereocenters. The second-order valence-corrected chi connectivity index (χ2v) is 7.11. The maximum Gasteiger partial charge on any atom is 0.240 e. The Morgan fingerprint density at radius 3 is 2.52 bits per heavy atom. The lowest BCUT2D eigenvalue weighted by molar-refractivity contribution is 0.581. The minimum Gasteiger partial charge on any atom is -0.309 e. The summed E-state index contributed by atoms with van der Waals surface area (Å²) in [6, 6.07) is 13.1. The van der Waals surface area contributed by atoms with Crippen LogP contribution in [-0.4, -0.2) is 8.42 Å². The van der Waals surface area contributed by atoms with Gasteiger partial charge in [-0.3, -0.25) is 0 Å². The Hall–Kier alpha value is -1.69. The number of hydrogen-bond donors (Lipinski definition) is 2. The van der Waals surface area contributed by atoms with Gasteiger partial charge in [0.15, 0.2) is 0 Å². The molecule has 5 heteroatoms. The zero-order chi connectivity index (χ0) is 14.9. The Balaban J connectivity index is 1.76. The van der Waals surface area contributed by atoms with Crippen LogP contribution in [0, 0.1) is 6.92 Å². The SMILES string of the molecule is Cc1ccc(CNS(=O)(=O)c2ccc3c(c2)CNC3)cc1. The lowest BCUT2D eigenvalue weighted by Crippen LogP contribution is -2.23. The number of benzene rings is 2. The van der Waals surface area contributed by atoms with Crippen LogP contribution in [-0.2, 0) is 29.7 Å². The van der Waals surface area contributed by atoms with E-state index in [0.717, 1.165) is 29.8 Å². The molecule has 1 heterocycles. The van der Waals surface area contributed by atoms with E-state index < -0.39 is 10.0 Å². The Morgan fingerprint density at radius 1 is 1.05 bits per heavy atom. The van der Waals surface area contributed by atoms with Gasteiger partial charge in [-0.15, -0.1) is 0 Å². The number of sulfonamides is 1. The van der Waals surface area contributed by atoms with E-state index in [9.17, 15) is 8.42 Å². The molecule has 0 spiro atoms. The van der Waals surface area contributed by atoms with Crippen LogP contribution < -0.4 is 10.0 Å². The summed E-state index contributed by atoms with van der Waals surface area (Å²) in [5.41, 5.74) is 4.35. The molecule has 0 radical (unpaired) electrons. The summed E-state index contributed by atoms with van der Waals surface area (Å²) < 4.78 is 27.3. The second-order valence-electron chi connectivity index (χ2n) is 5.34. The molecule has 2 N–H and O–H groups in total. The minimum absolute atomic E-state index is 0.304. The van der Waals surface area contributed by atoms with Crippen LogP contribution in [0.3, 0.4) is 0 Å². The molecule has 0 atom stereocenters. The van der Waals surface area contributed by atoms with E-state index in [2.05, 4.69) is 10.0 Å². The minimum atomic E-state index is -3.47. The van der Waals surface area contributed by atoms with Crippen LogP contribution in [0.25, 0.3) is 0 Å². The van der Waals surface area contributed by atoms with Gasteiger partial charge in [-0.2, -0.15) is 0 Å². The molecule has 3 rings (SSSR count). The van der Waals surface area contributed by atoms with Crippen LogP contribution in [0.4, 0.5) is 0 Å². The van der Waals surface area contributed by atoms with Crippen LogP contribution in [0.2, 0.25) is 0 Å². The molecule has 1 aliphatic rings. The summed E-state index contributed by atoms with van der Waals surface area (Å²) in [6.45, 7) is 3.85. The lowest BCUT2D eigenvalue weighted by Gasteiger charge is -2.08. The van der Waals surface area contributed by atoms with E-state index in [1.807, 2.05) is 37.3 Å². The third kappa shape index (κ3) is 3.15. The third-order valence-corrected chi connectivity index (χ3v) is 5.10. The van der Waals surface area contributed by atoms with Crippen molar-refractivity contribution in [2.75, 3.05) is 0 Å². The number of nitrogens with one attached hydrogen (secondary N) is 2. The molecule has 0 aliphatic carbocycles. The van der Waals surface area contributed by atoms with E-state index in [1.54, 1.807) is 12.1 Å². The van der Waals surface area contributed by atoms with Crippen LogP contribution in [0.1, 0.15) is 22.3 Å². The molecule has 0 aromatic heterocycles. The van der Waals surface area contributed by atoms with Gasteiger partial charge in [0.1, 0.15) is 0 Å². The first-order valence-electron chi connectivity index (χ1n) is 6.92. The summed E-state index contributed by atoms with van der Waals surface area (Å²) >= 11 is 0. The summed E-state index contributed by atoms with van der Waals surface area (Å²) in [7, 11) is -3.47. The van der Waals surface area contributed by atoms with Gasteiger partial charge in [0, 0.05) is 19.6 Å². The first-order chi connectivity index (χ1) is 10.0.